The number of aromatic amines is 1. The number of aromatic nitrogens is 5. The lowest BCUT2D eigenvalue weighted by atomic mass is 10.2. The summed E-state index contributed by atoms with van der Waals surface area (Å²) in [6, 6.07) is 4.31. The van der Waals surface area contributed by atoms with Gasteiger partial charge < -0.3 is 13.9 Å². The summed E-state index contributed by atoms with van der Waals surface area (Å²) in [5.41, 5.74) is 1.91. The third-order valence-corrected chi connectivity index (χ3v) is 5.24. The van der Waals surface area contributed by atoms with Gasteiger partial charge in [0.25, 0.3) is 0 Å². The Hall–Kier alpha value is -2.26. The number of nitrogens with zero attached hydrogens (tertiary/aromatic N) is 6. The Morgan fingerprint density at radius 3 is 3.04 bits per heavy atom. The minimum absolute atomic E-state index is 0.287. The van der Waals surface area contributed by atoms with Gasteiger partial charge in [0, 0.05) is 32.0 Å². The van der Waals surface area contributed by atoms with Gasteiger partial charge in [0.2, 0.25) is 0 Å². The maximum atomic E-state index is 5.57. The molecule has 0 aliphatic carbocycles. The molecular formula is C16H21N7OS. The van der Waals surface area contributed by atoms with Crippen LogP contribution in [0.2, 0.25) is 0 Å². The van der Waals surface area contributed by atoms with Crippen LogP contribution in [0.15, 0.2) is 24.5 Å². The zero-order valence-electron chi connectivity index (χ0n) is 14.5. The lowest BCUT2D eigenvalue weighted by Crippen LogP contribution is -2.44. The van der Waals surface area contributed by atoms with E-state index in [4.69, 9.17) is 9.72 Å². The van der Waals surface area contributed by atoms with Crippen LogP contribution in [0.3, 0.4) is 0 Å². The molecule has 25 heavy (non-hydrogen) atoms. The zero-order valence-corrected chi connectivity index (χ0v) is 15.3. The van der Waals surface area contributed by atoms with Crippen LogP contribution in [0.1, 0.15) is 6.92 Å². The van der Waals surface area contributed by atoms with Crippen molar-refractivity contribution in [2.45, 2.75) is 13.0 Å². The van der Waals surface area contributed by atoms with Crippen molar-refractivity contribution in [2.75, 3.05) is 42.3 Å². The van der Waals surface area contributed by atoms with E-state index in [1.165, 1.54) is 0 Å². The van der Waals surface area contributed by atoms with Gasteiger partial charge in [0.15, 0.2) is 11.5 Å². The Labute approximate surface area is 150 Å². The quantitative estimate of drug-likeness (QED) is 0.715. The van der Waals surface area contributed by atoms with Crippen LogP contribution >= 0.6 is 11.9 Å². The van der Waals surface area contributed by atoms with Gasteiger partial charge in [-0.2, -0.15) is 14.9 Å². The van der Waals surface area contributed by atoms with Gasteiger partial charge in [0.1, 0.15) is 5.82 Å². The molecule has 0 spiro atoms. The fourth-order valence-corrected chi connectivity index (χ4v) is 3.44. The molecule has 1 unspecified atom stereocenters. The van der Waals surface area contributed by atoms with Crippen LogP contribution in [-0.2, 0) is 4.74 Å². The molecule has 0 saturated carbocycles. The first-order valence-electron chi connectivity index (χ1n) is 8.20. The molecule has 3 aromatic heterocycles. The molecule has 0 radical (unpaired) electrons. The first-order chi connectivity index (χ1) is 12.2. The summed E-state index contributed by atoms with van der Waals surface area (Å²) in [6.07, 6.45) is 5.63. The van der Waals surface area contributed by atoms with Gasteiger partial charge in [-0.05, 0) is 6.92 Å². The lowest BCUT2D eigenvalue weighted by molar-refractivity contribution is 0.0986. The maximum absolute atomic E-state index is 5.57. The van der Waals surface area contributed by atoms with Crippen LogP contribution in [0.25, 0.3) is 16.9 Å². The predicted octanol–water partition coefficient (Wildman–Crippen LogP) is 2.08. The molecule has 4 heterocycles. The van der Waals surface area contributed by atoms with Crippen molar-refractivity contribution in [2.24, 2.45) is 0 Å². The van der Waals surface area contributed by atoms with E-state index >= 15 is 0 Å². The number of hydrogen-bond acceptors (Lipinski definition) is 7. The van der Waals surface area contributed by atoms with Gasteiger partial charge in [0.05, 0.1) is 42.7 Å². The number of ether oxygens (including phenoxy) is 1. The minimum atomic E-state index is 0.287. The summed E-state index contributed by atoms with van der Waals surface area (Å²) >= 11 is 1.66. The Kier molecular flexibility index (Phi) is 4.26. The molecule has 9 heteroatoms. The van der Waals surface area contributed by atoms with Gasteiger partial charge >= 0.3 is 0 Å². The van der Waals surface area contributed by atoms with Crippen LogP contribution in [0.5, 0.6) is 0 Å². The fourth-order valence-electron chi connectivity index (χ4n) is 3.09. The summed E-state index contributed by atoms with van der Waals surface area (Å²) < 4.78 is 9.51. The molecule has 1 fully saturated rings. The second-order valence-electron chi connectivity index (χ2n) is 6.03. The maximum Gasteiger partial charge on any atom is 0.169 e. The molecule has 1 saturated heterocycles. The van der Waals surface area contributed by atoms with Crippen LogP contribution in [0, 0.1) is 0 Å². The molecule has 3 aromatic rings. The summed E-state index contributed by atoms with van der Waals surface area (Å²) in [7, 11) is 2.06. The van der Waals surface area contributed by atoms with Crippen molar-refractivity contribution in [1.82, 2.24) is 25.0 Å². The molecule has 0 bridgehead atoms. The van der Waals surface area contributed by atoms with E-state index in [1.807, 2.05) is 12.3 Å². The van der Waals surface area contributed by atoms with Crippen molar-refractivity contribution in [3.63, 3.8) is 0 Å². The molecule has 132 valence electrons. The normalized spacial score (nSPS) is 18.0. The van der Waals surface area contributed by atoms with E-state index < -0.39 is 0 Å². The van der Waals surface area contributed by atoms with Crippen LogP contribution in [0.4, 0.5) is 11.5 Å². The van der Waals surface area contributed by atoms with Gasteiger partial charge in [-0.25, -0.2) is 4.98 Å². The Balaban J connectivity index is 1.90. The van der Waals surface area contributed by atoms with E-state index in [0.717, 1.165) is 41.5 Å². The second kappa shape index (κ2) is 6.57. The largest absolute Gasteiger partial charge is 0.377 e. The van der Waals surface area contributed by atoms with E-state index in [-0.39, 0.29) is 6.04 Å². The highest BCUT2D eigenvalue weighted by molar-refractivity contribution is 7.99. The van der Waals surface area contributed by atoms with Crippen LogP contribution < -0.4 is 9.21 Å². The van der Waals surface area contributed by atoms with Crippen LogP contribution in [-0.4, -0.2) is 64.1 Å². The zero-order chi connectivity index (χ0) is 17.4. The van der Waals surface area contributed by atoms with Gasteiger partial charge in [-0.1, -0.05) is 11.9 Å². The first kappa shape index (κ1) is 16.2. The highest BCUT2D eigenvalue weighted by Crippen LogP contribution is 2.33. The smallest absolute Gasteiger partial charge is 0.169 e. The van der Waals surface area contributed by atoms with E-state index in [2.05, 4.69) is 50.8 Å². The summed E-state index contributed by atoms with van der Waals surface area (Å²) in [5.74, 6) is 1.74. The number of pyridine rings is 1. The average molecular weight is 359 g/mol. The number of nitrogens with one attached hydrogen (secondary N) is 1. The summed E-state index contributed by atoms with van der Waals surface area (Å²) in [6.45, 7) is 4.43. The first-order valence-corrected chi connectivity index (χ1v) is 9.38. The predicted molar refractivity (Wildman–Crippen MR) is 101 cm³/mol. The summed E-state index contributed by atoms with van der Waals surface area (Å²) in [5, 5.41) is 12.5. The Morgan fingerprint density at radius 1 is 1.44 bits per heavy atom. The van der Waals surface area contributed by atoms with Crippen molar-refractivity contribution < 1.29 is 4.74 Å². The highest BCUT2D eigenvalue weighted by Gasteiger charge is 2.23. The number of H-pyrrole nitrogens is 1. The average Bonchev–Trinajstić information content (AvgIpc) is 3.29. The number of hydrogen-bond donors (Lipinski definition) is 1. The molecular weight excluding hydrogens is 338 g/mol. The van der Waals surface area contributed by atoms with E-state index in [1.54, 1.807) is 22.8 Å². The standard InChI is InChI=1S/C16H21N7OS/c1-11-10-24-7-6-22(11)15-8-13(21(2)25-3)12-9-18-23(16(12)19-15)14-4-5-17-20-14/h4-5,8-9,11H,6-7,10H2,1-3H3,(H,17,20). The SMILES string of the molecule is CSN(C)c1cc(N2CCOCC2C)nc2c1cnn2-c1ccn[nH]1. The highest BCUT2D eigenvalue weighted by atomic mass is 32.2. The van der Waals surface area contributed by atoms with Crippen molar-refractivity contribution >= 4 is 34.5 Å². The molecule has 0 aromatic carbocycles. The molecule has 1 N–H and O–H groups in total. The third-order valence-electron chi connectivity index (χ3n) is 4.50. The number of rotatable bonds is 4. The van der Waals surface area contributed by atoms with Crippen molar-refractivity contribution in [3.8, 4) is 5.82 Å². The molecule has 1 aliphatic heterocycles. The minimum Gasteiger partial charge on any atom is -0.377 e. The van der Waals surface area contributed by atoms with Crippen molar-refractivity contribution in [3.05, 3.63) is 24.5 Å². The second-order valence-corrected chi connectivity index (χ2v) is 6.95. The van der Waals surface area contributed by atoms with E-state index in [9.17, 15) is 0 Å². The number of morpholine rings is 1. The fraction of sp³-hybridized carbons (Fsp3) is 0.438. The molecule has 0 amide bonds. The van der Waals surface area contributed by atoms with Gasteiger partial charge in [-0.3, -0.25) is 5.10 Å². The van der Waals surface area contributed by atoms with Gasteiger partial charge in [-0.15, -0.1) is 0 Å². The Bertz CT molecular complexity index is 863. The molecule has 8 nitrogen and oxygen atoms in total. The monoisotopic (exact) mass is 359 g/mol. The number of anilines is 2. The number of fused-ring (bicyclic) bond motifs is 1. The third kappa shape index (κ3) is 2.83. The Morgan fingerprint density at radius 2 is 2.32 bits per heavy atom. The van der Waals surface area contributed by atoms with Crippen molar-refractivity contribution in [1.29, 1.82) is 0 Å². The molecule has 1 atom stereocenters. The van der Waals surface area contributed by atoms with E-state index in [0.29, 0.717) is 6.61 Å². The topological polar surface area (TPSA) is 75.1 Å². The molecule has 4 rings (SSSR count). The summed E-state index contributed by atoms with van der Waals surface area (Å²) in [4.78, 5) is 7.23. The molecule has 1 aliphatic rings. The lowest BCUT2D eigenvalue weighted by Gasteiger charge is -2.34.